The number of carbonyl (C=O) groups is 1. The van der Waals surface area contributed by atoms with Gasteiger partial charge in [-0.1, -0.05) is 18.2 Å². The zero-order chi connectivity index (χ0) is 24.1. The first kappa shape index (κ1) is 22.1. The molecule has 1 aromatic heterocycles. The van der Waals surface area contributed by atoms with Crippen molar-refractivity contribution in [2.45, 2.75) is 37.5 Å². The summed E-state index contributed by atoms with van der Waals surface area (Å²) >= 11 is 0. The van der Waals surface area contributed by atoms with Gasteiger partial charge in [0.15, 0.2) is 23.1 Å². The summed E-state index contributed by atoms with van der Waals surface area (Å²) in [6.45, 7) is -0.391. The first-order valence-corrected chi connectivity index (χ1v) is 10.8. The lowest BCUT2D eigenvalue weighted by atomic mass is 9.80. The Morgan fingerprint density at radius 2 is 1.74 bits per heavy atom. The van der Waals surface area contributed by atoms with E-state index in [1.807, 2.05) is 0 Å². The number of carbonyl (C=O) groups excluding carboxylic acids is 1. The second kappa shape index (κ2) is 8.28. The number of aliphatic hydroxyl groups excluding tert-OH is 1. The summed E-state index contributed by atoms with van der Waals surface area (Å²) in [5.41, 5.74) is -0.762. The smallest absolute Gasteiger partial charge is 0.276 e. The van der Waals surface area contributed by atoms with Crippen LogP contribution in [0.3, 0.4) is 0 Å². The summed E-state index contributed by atoms with van der Waals surface area (Å²) in [7, 11) is 0. The number of fused-ring (bicyclic) bond motifs is 2. The summed E-state index contributed by atoms with van der Waals surface area (Å²) in [5.74, 6) is -4.77. The molecule has 3 aromatic rings. The van der Waals surface area contributed by atoms with Crippen LogP contribution in [0.1, 0.15) is 52.1 Å². The van der Waals surface area contributed by atoms with Gasteiger partial charge >= 0.3 is 0 Å². The van der Waals surface area contributed by atoms with Gasteiger partial charge in [-0.05, 0) is 48.2 Å². The molecule has 0 unspecified atom stereocenters. The Labute approximate surface area is 191 Å². The predicted octanol–water partition coefficient (Wildman–Crippen LogP) is 2.85. The Morgan fingerprint density at radius 3 is 2.41 bits per heavy atom. The van der Waals surface area contributed by atoms with E-state index in [1.165, 1.54) is 39.9 Å². The Kier molecular flexibility index (Phi) is 5.40. The molecule has 0 radical (unpaired) electrons. The average molecular weight is 471 g/mol. The number of aromatic nitrogens is 2. The van der Waals surface area contributed by atoms with E-state index in [-0.39, 0.29) is 11.4 Å². The van der Waals surface area contributed by atoms with Crippen molar-refractivity contribution in [1.82, 2.24) is 14.7 Å². The second-order valence-electron chi connectivity index (χ2n) is 8.48. The maximum atomic E-state index is 14.3. The monoisotopic (exact) mass is 471 g/mol. The Morgan fingerprint density at radius 1 is 1.03 bits per heavy atom. The maximum Gasteiger partial charge on any atom is 0.276 e. The number of hydrogen-bond acceptors (Lipinski definition) is 5. The minimum Gasteiger partial charge on any atom is -0.502 e. The highest BCUT2D eigenvalue weighted by Crippen LogP contribution is 2.46. The molecule has 2 N–H and O–H groups in total. The molecule has 1 saturated heterocycles. The minimum atomic E-state index is -1.08. The molecule has 0 bridgehead atoms. The van der Waals surface area contributed by atoms with Crippen LogP contribution >= 0.6 is 0 Å². The number of halogens is 3. The van der Waals surface area contributed by atoms with Crippen molar-refractivity contribution in [3.8, 4) is 5.75 Å². The van der Waals surface area contributed by atoms with Gasteiger partial charge in [0.05, 0.1) is 18.7 Å². The zero-order valence-corrected chi connectivity index (χ0v) is 17.8. The van der Waals surface area contributed by atoms with Crippen molar-refractivity contribution in [3.63, 3.8) is 0 Å². The molecule has 7 nitrogen and oxygen atoms in total. The fraction of sp³-hybridized carbons (Fsp3) is 0.292. The molecule has 1 fully saturated rings. The van der Waals surface area contributed by atoms with Crippen LogP contribution < -0.4 is 5.43 Å². The van der Waals surface area contributed by atoms with Gasteiger partial charge in [0, 0.05) is 12.5 Å². The van der Waals surface area contributed by atoms with E-state index in [2.05, 4.69) is 5.10 Å². The number of hydrogen-bond donors (Lipinski definition) is 2. The van der Waals surface area contributed by atoms with Gasteiger partial charge < -0.3 is 15.1 Å². The van der Waals surface area contributed by atoms with E-state index in [4.69, 9.17) is 0 Å². The summed E-state index contributed by atoms with van der Waals surface area (Å²) in [6, 6.07) is 7.69. The molecule has 0 spiro atoms. The molecule has 0 aliphatic carbocycles. The van der Waals surface area contributed by atoms with E-state index >= 15 is 0 Å². The molecule has 5 rings (SSSR count). The summed E-state index contributed by atoms with van der Waals surface area (Å²) < 4.78 is 43.0. The largest absolute Gasteiger partial charge is 0.502 e. The van der Waals surface area contributed by atoms with E-state index in [0.29, 0.717) is 30.5 Å². The molecule has 0 saturated carbocycles. The lowest BCUT2D eigenvalue weighted by Crippen LogP contribution is -2.51. The fourth-order valence-electron chi connectivity index (χ4n) is 5.12. The van der Waals surface area contributed by atoms with Gasteiger partial charge in [0.1, 0.15) is 11.5 Å². The van der Waals surface area contributed by atoms with Gasteiger partial charge in [-0.3, -0.25) is 9.59 Å². The van der Waals surface area contributed by atoms with Gasteiger partial charge in [-0.2, -0.15) is 5.10 Å². The number of aromatic hydroxyl groups is 1. The van der Waals surface area contributed by atoms with Crippen molar-refractivity contribution < 1.29 is 28.2 Å². The number of rotatable bonds is 4. The minimum absolute atomic E-state index is 0.333. The molecular weight excluding hydrogens is 451 g/mol. The maximum absolute atomic E-state index is 14.3. The number of amides is 1. The molecular formula is C24H20F3N3O4. The molecule has 3 atom stereocenters. The predicted molar refractivity (Wildman–Crippen MR) is 114 cm³/mol. The molecule has 176 valence electrons. The van der Waals surface area contributed by atoms with Crippen LogP contribution in [0, 0.1) is 17.5 Å². The van der Waals surface area contributed by atoms with E-state index in [0.717, 1.165) is 12.1 Å². The van der Waals surface area contributed by atoms with Gasteiger partial charge in [-0.25, -0.2) is 17.9 Å². The summed E-state index contributed by atoms with van der Waals surface area (Å²) in [4.78, 5) is 27.2. The summed E-state index contributed by atoms with van der Waals surface area (Å²) in [5, 5.41) is 24.5. The van der Waals surface area contributed by atoms with E-state index in [9.17, 15) is 33.0 Å². The molecule has 3 heterocycles. The topological polar surface area (TPSA) is 95.7 Å². The Hall–Kier alpha value is -3.66. The number of benzene rings is 2. The average Bonchev–Trinajstić information content (AvgIpc) is 3.31. The van der Waals surface area contributed by atoms with Crippen molar-refractivity contribution >= 4 is 5.91 Å². The van der Waals surface area contributed by atoms with Gasteiger partial charge in [-0.15, -0.1) is 0 Å². The van der Waals surface area contributed by atoms with Crippen molar-refractivity contribution in [2.24, 2.45) is 0 Å². The van der Waals surface area contributed by atoms with Gasteiger partial charge in [0.25, 0.3) is 5.91 Å². The zero-order valence-electron chi connectivity index (χ0n) is 17.8. The van der Waals surface area contributed by atoms with E-state index < -0.39 is 59.1 Å². The lowest BCUT2D eigenvalue weighted by molar-refractivity contribution is 0.0561. The lowest BCUT2D eigenvalue weighted by Gasteiger charge is -2.42. The number of aliphatic hydroxyl groups is 1. The van der Waals surface area contributed by atoms with Crippen LogP contribution in [0.2, 0.25) is 0 Å². The highest BCUT2D eigenvalue weighted by Gasteiger charge is 2.48. The van der Waals surface area contributed by atoms with Crippen LogP contribution in [-0.4, -0.2) is 43.4 Å². The molecule has 34 heavy (non-hydrogen) atoms. The van der Waals surface area contributed by atoms with Crippen molar-refractivity contribution in [3.05, 3.63) is 92.7 Å². The SMILES string of the molecule is O=C1c2c(O)c(=O)c(CO)nn2[C@@H]([C@H](c2ccc(F)cc2)c2ccc(F)c(F)c2)[C@H]2CCCN12. The number of nitrogens with zero attached hydrogens (tertiary/aromatic N) is 3. The fourth-order valence-corrected chi connectivity index (χ4v) is 5.12. The van der Waals surface area contributed by atoms with Crippen molar-refractivity contribution in [2.75, 3.05) is 6.54 Å². The van der Waals surface area contributed by atoms with Crippen LogP contribution in [0.5, 0.6) is 5.75 Å². The molecule has 2 aromatic carbocycles. The molecule has 2 aliphatic heterocycles. The van der Waals surface area contributed by atoms with Crippen LogP contribution in [0.4, 0.5) is 13.2 Å². The molecule has 10 heteroatoms. The molecule has 1 amide bonds. The third-order valence-corrected chi connectivity index (χ3v) is 6.62. The Balaban J connectivity index is 1.81. The van der Waals surface area contributed by atoms with Crippen LogP contribution in [-0.2, 0) is 6.61 Å². The molecule has 2 aliphatic rings. The summed E-state index contributed by atoms with van der Waals surface area (Å²) in [6.07, 6.45) is 1.20. The second-order valence-corrected chi connectivity index (χ2v) is 8.48. The quantitative estimate of drug-likeness (QED) is 0.610. The third-order valence-electron chi connectivity index (χ3n) is 6.62. The van der Waals surface area contributed by atoms with Gasteiger partial charge in [0.2, 0.25) is 5.43 Å². The normalized spacial score (nSPS) is 20.2. The van der Waals surface area contributed by atoms with Crippen LogP contribution in [0.15, 0.2) is 47.3 Å². The van der Waals surface area contributed by atoms with E-state index in [1.54, 1.807) is 0 Å². The van der Waals surface area contributed by atoms with Crippen LogP contribution in [0.25, 0.3) is 0 Å². The van der Waals surface area contributed by atoms with Crippen molar-refractivity contribution in [1.29, 1.82) is 0 Å². The highest BCUT2D eigenvalue weighted by atomic mass is 19.2. The Bertz CT molecular complexity index is 1340. The first-order chi connectivity index (χ1) is 16.3. The highest BCUT2D eigenvalue weighted by molar-refractivity contribution is 5.96. The standard InChI is InChI=1S/C24H20F3N3O4/c25-14-6-3-12(4-7-14)19(13-5-8-15(26)16(27)10-13)20-18-2-1-9-29(18)24(34)21-23(33)22(32)17(11-31)28-30(20)21/h3-8,10,18-20,31,33H,1-2,9,11H2/t18-,19-,20-/m1/s1. The first-order valence-electron chi connectivity index (χ1n) is 10.8. The third kappa shape index (κ3) is 3.37.